The minimum atomic E-state index is -0.455. The molecule has 6 heteroatoms. The molecule has 2 rings (SSSR count). The lowest BCUT2D eigenvalue weighted by atomic mass is 10.1. The van der Waals surface area contributed by atoms with Gasteiger partial charge in [0.15, 0.2) is 0 Å². The van der Waals surface area contributed by atoms with E-state index in [0.717, 1.165) is 0 Å². The van der Waals surface area contributed by atoms with E-state index in [4.69, 9.17) is 5.26 Å². The Morgan fingerprint density at radius 1 is 1.04 bits per heavy atom. The van der Waals surface area contributed by atoms with Crippen molar-refractivity contribution in [2.24, 2.45) is 0 Å². The number of hydrogen-bond donors (Lipinski definition) is 2. The Hall–Kier alpha value is -3.20. The van der Waals surface area contributed by atoms with Crippen LogP contribution < -0.4 is 10.6 Å². The highest BCUT2D eigenvalue weighted by Crippen LogP contribution is 2.09. The fourth-order valence-electron chi connectivity index (χ4n) is 2.08. The number of nitrogens with zero attached hydrogens (tertiary/aromatic N) is 1. The standard InChI is InChI=1S/C18H16FN3O2/c19-16-4-2-1-3-14(16)9-10-21-17(23)11-18(24)22-15-7-5-13(12-20)6-8-15/h1-8H,9-11H2,(H,21,23)(H,22,24). The van der Waals surface area contributed by atoms with Gasteiger partial charge in [0.2, 0.25) is 11.8 Å². The number of anilines is 1. The molecule has 0 aliphatic carbocycles. The van der Waals surface area contributed by atoms with Crippen LogP contribution in [0.1, 0.15) is 17.5 Å². The molecule has 0 aliphatic rings. The molecule has 0 unspecified atom stereocenters. The Kier molecular flexibility index (Phi) is 6.03. The number of benzene rings is 2. The fraction of sp³-hybridized carbons (Fsp3) is 0.167. The van der Waals surface area contributed by atoms with Gasteiger partial charge < -0.3 is 10.6 Å². The molecule has 5 nitrogen and oxygen atoms in total. The van der Waals surface area contributed by atoms with Gasteiger partial charge in [-0.05, 0) is 42.3 Å². The van der Waals surface area contributed by atoms with Gasteiger partial charge in [-0.25, -0.2) is 4.39 Å². The molecule has 0 fully saturated rings. The minimum absolute atomic E-state index is 0.254. The van der Waals surface area contributed by atoms with Crippen molar-refractivity contribution in [1.29, 1.82) is 5.26 Å². The first-order valence-electron chi connectivity index (χ1n) is 7.38. The van der Waals surface area contributed by atoms with E-state index in [2.05, 4.69) is 10.6 Å². The van der Waals surface area contributed by atoms with Gasteiger partial charge in [0.05, 0.1) is 11.6 Å². The lowest BCUT2D eigenvalue weighted by molar-refractivity contribution is -0.126. The summed E-state index contributed by atoms with van der Waals surface area (Å²) >= 11 is 0. The van der Waals surface area contributed by atoms with Crippen molar-refractivity contribution in [3.05, 3.63) is 65.5 Å². The first-order chi connectivity index (χ1) is 11.6. The van der Waals surface area contributed by atoms with Gasteiger partial charge in [-0.1, -0.05) is 18.2 Å². The summed E-state index contributed by atoms with van der Waals surface area (Å²) in [6.07, 6.45) is 0.0347. The van der Waals surface area contributed by atoms with Gasteiger partial charge in [-0.15, -0.1) is 0 Å². The molecule has 0 radical (unpaired) electrons. The molecule has 24 heavy (non-hydrogen) atoms. The predicted octanol–water partition coefficient (Wildman–Crippen LogP) is 2.38. The Bertz CT molecular complexity index is 767. The maximum Gasteiger partial charge on any atom is 0.233 e. The van der Waals surface area contributed by atoms with Crippen molar-refractivity contribution in [2.45, 2.75) is 12.8 Å². The summed E-state index contributed by atoms with van der Waals surface area (Å²) in [5.74, 6) is -1.20. The molecule has 0 bridgehead atoms. The molecule has 0 saturated carbocycles. The number of carbonyl (C=O) groups excluding carboxylic acids is 2. The van der Waals surface area contributed by atoms with E-state index in [1.165, 1.54) is 6.07 Å². The van der Waals surface area contributed by atoms with Crippen LogP contribution in [0.4, 0.5) is 10.1 Å². The third-order valence-corrected chi connectivity index (χ3v) is 3.29. The van der Waals surface area contributed by atoms with E-state index in [-0.39, 0.29) is 18.8 Å². The van der Waals surface area contributed by atoms with E-state index in [9.17, 15) is 14.0 Å². The van der Waals surface area contributed by atoms with Crippen LogP contribution in [0.3, 0.4) is 0 Å². The Morgan fingerprint density at radius 2 is 1.75 bits per heavy atom. The van der Waals surface area contributed by atoms with E-state index in [1.54, 1.807) is 42.5 Å². The molecule has 2 aromatic carbocycles. The van der Waals surface area contributed by atoms with Crippen molar-refractivity contribution < 1.29 is 14.0 Å². The predicted molar refractivity (Wildman–Crippen MR) is 87.5 cm³/mol. The molecule has 0 heterocycles. The van der Waals surface area contributed by atoms with Crippen molar-refractivity contribution in [3.63, 3.8) is 0 Å². The van der Waals surface area contributed by atoms with Crippen molar-refractivity contribution in [2.75, 3.05) is 11.9 Å². The third-order valence-electron chi connectivity index (χ3n) is 3.29. The van der Waals surface area contributed by atoms with Crippen LogP contribution in [0, 0.1) is 17.1 Å². The number of halogens is 1. The molecule has 0 saturated heterocycles. The Labute approximate surface area is 139 Å². The molecular weight excluding hydrogens is 309 g/mol. The summed E-state index contributed by atoms with van der Waals surface area (Å²) in [6, 6.07) is 14.6. The SMILES string of the molecule is N#Cc1ccc(NC(=O)CC(=O)NCCc2ccccc2F)cc1. The number of nitrogens with one attached hydrogen (secondary N) is 2. The number of hydrogen-bond acceptors (Lipinski definition) is 3. The van der Waals surface area contributed by atoms with Crippen LogP contribution in [0.25, 0.3) is 0 Å². The third kappa shape index (κ3) is 5.21. The zero-order chi connectivity index (χ0) is 17.4. The molecule has 0 spiro atoms. The summed E-state index contributed by atoms with van der Waals surface area (Å²) in [5.41, 5.74) is 1.51. The first kappa shape index (κ1) is 17.2. The average Bonchev–Trinajstić information content (AvgIpc) is 2.57. The zero-order valence-electron chi connectivity index (χ0n) is 12.9. The summed E-state index contributed by atoms with van der Waals surface area (Å²) < 4.78 is 13.4. The minimum Gasteiger partial charge on any atom is -0.355 e. The summed E-state index contributed by atoms with van der Waals surface area (Å²) in [6.45, 7) is 0.254. The van der Waals surface area contributed by atoms with E-state index in [1.807, 2.05) is 6.07 Å². The van der Waals surface area contributed by atoms with Crippen LogP contribution >= 0.6 is 0 Å². The number of rotatable bonds is 6. The molecule has 2 N–H and O–H groups in total. The quantitative estimate of drug-likeness (QED) is 0.800. The molecule has 2 amide bonds. The van der Waals surface area contributed by atoms with Crippen LogP contribution in [-0.4, -0.2) is 18.4 Å². The highest BCUT2D eigenvalue weighted by molar-refractivity contribution is 6.03. The maximum absolute atomic E-state index is 13.4. The number of amides is 2. The number of nitriles is 1. The largest absolute Gasteiger partial charge is 0.355 e. The van der Waals surface area contributed by atoms with Gasteiger partial charge in [0.25, 0.3) is 0 Å². The lowest BCUT2D eigenvalue weighted by Crippen LogP contribution is -2.29. The van der Waals surface area contributed by atoms with E-state index < -0.39 is 11.8 Å². The Morgan fingerprint density at radius 3 is 2.42 bits per heavy atom. The van der Waals surface area contributed by atoms with E-state index >= 15 is 0 Å². The summed E-state index contributed by atoms with van der Waals surface area (Å²) in [5, 5.41) is 13.9. The van der Waals surface area contributed by atoms with Gasteiger partial charge in [-0.2, -0.15) is 5.26 Å². The second-order valence-electron chi connectivity index (χ2n) is 5.11. The molecule has 0 aliphatic heterocycles. The van der Waals surface area contributed by atoms with Crippen molar-refractivity contribution >= 4 is 17.5 Å². The maximum atomic E-state index is 13.4. The average molecular weight is 325 g/mol. The highest BCUT2D eigenvalue weighted by atomic mass is 19.1. The molecule has 0 aromatic heterocycles. The normalized spacial score (nSPS) is 9.83. The molecular formula is C18H16FN3O2. The molecule has 0 atom stereocenters. The van der Waals surface area contributed by atoms with Crippen LogP contribution in [0.5, 0.6) is 0 Å². The van der Waals surface area contributed by atoms with Crippen LogP contribution in [0.15, 0.2) is 48.5 Å². The zero-order valence-corrected chi connectivity index (χ0v) is 12.9. The van der Waals surface area contributed by atoms with Gasteiger partial charge in [0.1, 0.15) is 12.2 Å². The Balaban J connectivity index is 1.74. The molecule has 2 aromatic rings. The van der Waals surface area contributed by atoms with Crippen molar-refractivity contribution in [1.82, 2.24) is 5.32 Å². The monoisotopic (exact) mass is 325 g/mol. The highest BCUT2D eigenvalue weighted by Gasteiger charge is 2.10. The summed E-state index contributed by atoms with van der Waals surface area (Å²) in [7, 11) is 0. The fourth-order valence-corrected chi connectivity index (χ4v) is 2.08. The van der Waals surface area contributed by atoms with E-state index in [0.29, 0.717) is 23.2 Å². The first-order valence-corrected chi connectivity index (χ1v) is 7.38. The smallest absolute Gasteiger partial charge is 0.233 e. The summed E-state index contributed by atoms with van der Waals surface area (Å²) in [4.78, 5) is 23.5. The van der Waals surface area contributed by atoms with Gasteiger partial charge in [-0.3, -0.25) is 9.59 Å². The van der Waals surface area contributed by atoms with Gasteiger partial charge >= 0.3 is 0 Å². The second kappa shape index (κ2) is 8.44. The lowest BCUT2D eigenvalue weighted by Gasteiger charge is -2.07. The topological polar surface area (TPSA) is 82.0 Å². The molecule has 122 valence electrons. The van der Waals surface area contributed by atoms with Crippen LogP contribution in [-0.2, 0) is 16.0 Å². The van der Waals surface area contributed by atoms with Crippen LogP contribution in [0.2, 0.25) is 0 Å². The second-order valence-corrected chi connectivity index (χ2v) is 5.11. The van der Waals surface area contributed by atoms with Gasteiger partial charge in [0, 0.05) is 12.2 Å². The number of carbonyl (C=O) groups is 2. The van der Waals surface area contributed by atoms with Crippen molar-refractivity contribution in [3.8, 4) is 6.07 Å².